The fraction of sp³-hybridized carbons (Fsp3) is 0.500. The number of aromatic amines is 1. The van der Waals surface area contributed by atoms with Crippen LogP contribution >= 0.6 is 0 Å². The normalized spacial score (nSPS) is 13.6. The lowest BCUT2D eigenvalue weighted by Gasteiger charge is -2.13. The molecular weight excluding hydrogens is 234 g/mol. The van der Waals surface area contributed by atoms with Gasteiger partial charge in [0, 0.05) is 6.04 Å². The van der Waals surface area contributed by atoms with Gasteiger partial charge in [0.1, 0.15) is 0 Å². The molecule has 0 radical (unpaired) electrons. The van der Waals surface area contributed by atoms with Crippen molar-refractivity contribution in [2.45, 2.75) is 30.8 Å². The molecule has 0 bridgehead atoms. The second-order valence-corrected chi connectivity index (χ2v) is 4.93. The zero-order chi connectivity index (χ0) is 12.2. The Hall–Kier alpha value is -1.41. The Labute approximate surface area is 92.9 Å². The summed E-state index contributed by atoms with van der Waals surface area (Å²) in [5.74, 6) is -1.04. The molecule has 1 rings (SSSR count). The maximum atomic E-state index is 11.7. The number of carbonyl (C=O) groups is 1. The van der Waals surface area contributed by atoms with E-state index in [9.17, 15) is 13.2 Å². The third kappa shape index (κ3) is 3.31. The molecule has 0 aliphatic rings. The maximum absolute atomic E-state index is 11.7. The molecule has 7 nitrogen and oxygen atoms in total. The van der Waals surface area contributed by atoms with E-state index < -0.39 is 22.0 Å². The summed E-state index contributed by atoms with van der Waals surface area (Å²) < 4.78 is 25.6. The molecule has 1 aromatic heterocycles. The number of hydrogen-bond donors (Lipinski definition) is 3. The molecule has 0 amide bonds. The van der Waals surface area contributed by atoms with Gasteiger partial charge < -0.3 is 5.11 Å². The van der Waals surface area contributed by atoms with Crippen LogP contribution in [0.3, 0.4) is 0 Å². The van der Waals surface area contributed by atoms with Crippen molar-refractivity contribution in [1.29, 1.82) is 0 Å². The number of nitrogens with one attached hydrogen (secondary N) is 2. The number of carboxylic acids is 1. The third-order valence-corrected chi connectivity index (χ3v) is 3.45. The average molecular weight is 247 g/mol. The number of aromatic nitrogens is 2. The Bertz CT molecular complexity index is 440. The molecule has 3 N–H and O–H groups in total. The predicted octanol–water partition coefficient (Wildman–Crippen LogP) is -0.0587. The molecule has 0 spiro atoms. The van der Waals surface area contributed by atoms with Crippen LogP contribution in [0.4, 0.5) is 0 Å². The Kier molecular flexibility index (Phi) is 4.02. The van der Waals surface area contributed by atoms with Crippen LogP contribution in [-0.2, 0) is 14.8 Å². The molecule has 0 saturated heterocycles. The van der Waals surface area contributed by atoms with Crippen molar-refractivity contribution in [2.75, 3.05) is 0 Å². The van der Waals surface area contributed by atoms with Gasteiger partial charge in [0.25, 0.3) is 10.0 Å². The third-order valence-electron chi connectivity index (χ3n) is 2.00. The fourth-order valence-electron chi connectivity index (χ4n) is 1.16. The first-order valence-corrected chi connectivity index (χ1v) is 6.17. The van der Waals surface area contributed by atoms with Crippen LogP contribution in [-0.4, -0.2) is 35.7 Å². The SMILES string of the molecule is CCC(CC(=O)O)NS(=O)(=O)c1ccn[nH]1. The van der Waals surface area contributed by atoms with Gasteiger partial charge in [-0.25, -0.2) is 13.1 Å². The van der Waals surface area contributed by atoms with Gasteiger partial charge in [0.2, 0.25) is 0 Å². The van der Waals surface area contributed by atoms with Gasteiger partial charge >= 0.3 is 5.97 Å². The van der Waals surface area contributed by atoms with Crippen molar-refractivity contribution in [2.24, 2.45) is 0 Å². The lowest BCUT2D eigenvalue weighted by Crippen LogP contribution is -2.36. The minimum absolute atomic E-state index is 0.0728. The van der Waals surface area contributed by atoms with Crippen LogP contribution in [0.2, 0.25) is 0 Å². The molecule has 16 heavy (non-hydrogen) atoms. The predicted molar refractivity (Wildman–Crippen MR) is 55.2 cm³/mol. The van der Waals surface area contributed by atoms with E-state index in [4.69, 9.17) is 5.11 Å². The second kappa shape index (κ2) is 5.08. The van der Waals surface area contributed by atoms with Crippen molar-refractivity contribution >= 4 is 16.0 Å². The Morgan fingerprint density at radius 3 is 2.81 bits per heavy atom. The standard InChI is InChI=1S/C8H13N3O4S/c1-2-6(5-8(12)13)11-16(14,15)7-3-4-9-10-7/h3-4,6,11H,2,5H2,1H3,(H,9,10)(H,12,13). The Morgan fingerprint density at radius 2 is 2.38 bits per heavy atom. The number of H-pyrrole nitrogens is 1. The summed E-state index contributed by atoms with van der Waals surface area (Å²) in [5, 5.41) is 14.3. The van der Waals surface area contributed by atoms with E-state index in [2.05, 4.69) is 14.9 Å². The van der Waals surface area contributed by atoms with Gasteiger partial charge in [-0.2, -0.15) is 5.10 Å². The highest BCUT2D eigenvalue weighted by molar-refractivity contribution is 7.89. The van der Waals surface area contributed by atoms with E-state index in [1.54, 1.807) is 6.92 Å². The molecule has 0 aliphatic heterocycles. The van der Waals surface area contributed by atoms with Gasteiger partial charge in [-0.05, 0) is 12.5 Å². The van der Waals surface area contributed by atoms with Gasteiger partial charge in [-0.3, -0.25) is 9.89 Å². The zero-order valence-electron chi connectivity index (χ0n) is 8.67. The van der Waals surface area contributed by atoms with E-state index in [1.165, 1.54) is 12.3 Å². The lowest BCUT2D eigenvalue weighted by molar-refractivity contribution is -0.137. The summed E-state index contributed by atoms with van der Waals surface area (Å²) in [7, 11) is -3.71. The number of sulfonamides is 1. The van der Waals surface area contributed by atoms with Gasteiger partial charge in [-0.1, -0.05) is 6.92 Å². The fourth-order valence-corrected chi connectivity index (χ4v) is 2.38. The summed E-state index contributed by atoms with van der Waals surface area (Å²) >= 11 is 0. The molecule has 0 saturated carbocycles. The topological polar surface area (TPSA) is 112 Å². The van der Waals surface area contributed by atoms with E-state index in [-0.39, 0.29) is 11.4 Å². The molecular formula is C8H13N3O4S. The van der Waals surface area contributed by atoms with Crippen LogP contribution in [0.15, 0.2) is 17.3 Å². The van der Waals surface area contributed by atoms with Crippen molar-refractivity contribution in [3.63, 3.8) is 0 Å². The quantitative estimate of drug-likeness (QED) is 0.652. The Balaban J connectivity index is 2.75. The molecule has 8 heteroatoms. The monoisotopic (exact) mass is 247 g/mol. The number of aliphatic carboxylic acids is 1. The molecule has 1 heterocycles. The molecule has 1 unspecified atom stereocenters. The molecule has 90 valence electrons. The molecule has 0 fully saturated rings. The molecule has 1 aromatic rings. The van der Waals surface area contributed by atoms with Gasteiger partial charge in [0.05, 0.1) is 12.6 Å². The first-order valence-electron chi connectivity index (χ1n) is 4.69. The minimum Gasteiger partial charge on any atom is -0.481 e. The van der Waals surface area contributed by atoms with E-state index in [0.29, 0.717) is 6.42 Å². The van der Waals surface area contributed by atoms with Crippen molar-refractivity contribution in [3.8, 4) is 0 Å². The number of rotatable bonds is 6. The number of nitrogens with zero attached hydrogens (tertiary/aromatic N) is 1. The minimum atomic E-state index is -3.71. The van der Waals surface area contributed by atoms with Crippen molar-refractivity contribution in [3.05, 3.63) is 12.3 Å². The maximum Gasteiger partial charge on any atom is 0.304 e. The summed E-state index contributed by atoms with van der Waals surface area (Å²) in [5.41, 5.74) is 0. The molecule has 1 atom stereocenters. The average Bonchev–Trinajstić information content (AvgIpc) is 2.68. The van der Waals surface area contributed by atoms with Gasteiger partial charge in [-0.15, -0.1) is 0 Å². The smallest absolute Gasteiger partial charge is 0.304 e. The first-order chi connectivity index (χ1) is 7.45. The van der Waals surface area contributed by atoms with Crippen LogP contribution in [0.5, 0.6) is 0 Å². The second-order valence-electron chi connectivity index (χ2n) is 3.25. The van der Waals surface area contributed by atoms with Crippen LogP contribution in [0.1, 0.15) is 19.8 Å². The largest absolute Gasteiger partial charge is 0.481 e. The summed E-state index contributed by atoms with van der Waals surface area (Å²) in [6, 6.07) is 0.682. The van der Waals surface area contributed by atoms with E-state index >= 15 is 0 Å². The van der Waals surface area contributed by atoms with E-state index in [0.717, 1.165) is 0 Å². The lowest BCUT2D eigenvalue weighted by atomic mass is 10.2. The number of carboxylic acid groups (broad SMARTS) is 1. The Morgan fingerprint density at radius 1 is 1.69 bits per heavy atom. The molecule has 0 aliphatic carbocycles. The van der Waals surface area contributed by atoms with Gasteiger partial charge in [0.15, 0.2) is 5.03 Å². The molecule has 0 aromatic carbocycles. The van der Waals surface area contributed by atoms with E-state index in [1.807, 2.05) is 0 Å². The summed E-state index contributed by atoms with van der Waals surface area (Å²) in [4.78, 5) is 10.5. The zero-order valence-corrected chi connectivity index (χ0v) is 9.49. The number of hydrogen-bond acceptors (Lipinski definition) is 4. The highest BCUT2D eigenvalue weighted by Crippen LogP contribution is 2.07. The highest BCUT2D eigenvalue weighted by atomic mass is 32.2. The van der Waals surface area contributed by atoms with Crippen LogP contribution in [0.25, 0.3) is 0 Å². The first kappa shape index (κ1) is 12.7. The van der Waals surface area contributed by atoms with Crippen molar-refractivity contribution in [1.82, 2.24) is 14.9 Å². The summed E-state index contributed by atoms with van der Waals surface area (Å²) in [6.07, 6.45) is 1.47. The van der Waals surface area contributed by atoms with Crippen molar-refractivity contribution < 1.29 is 18.3 Å². The van der Waals surface area contributed by atoms with Crippen LogP contribution < -0.4 is 4.72 Å². The highest BCUT2D eigenvalue weighted by Gasteiger charge is 2.21. The van der Waals surface area contributed by atoms with Crippen LogP contribution in [0, 0.1) is 0 Å². The summed E-state index contributed by atoms with van der Waals surface area (Å²) in [6.45, 7) is 1.71.